The number of rotatable bonds is 5. The van der Waals surface area contributed by atoms with E-state index in [1.54, 1.807) is 6.07 Å². The number of benzene rings is 1. The number of hydrogen-bond acceptors (Lipinski definition) is 2. The Morgan fingerprint density at radius 3 is 2.65 bits per heavy atom. The van der Waals surface area contributed by atoms with E-state index in [2.05, 4.69) is 17.6 Å². The molecule has 0 bridgehead atoms. The van der Waals surface area contributed by atoms with Gasteiger partial charge < -0.3 is 10.6 Å². The summed E-state index contributed by atoms with van der Waals surface area (Å²) in [7, 11) is 0. The average molecular weight is 363 g/mol. The van der Waals surface area contributed by atoms with E-state index in [0.29, 0.717) is 23.3 Å². The van der Waals surface area contributed by atoms with Gasteiger partial charge in [-0.2, -0.15) is 0 Å². The van der Waals surface area contributed by atoms with Crippen molar-refractivity contribution < 1.29 is 9.18 Å². The zero-order valence-electron chi connectivity index (χ0n) is 13.6. The molecule has 1 aliphatic heterocycles. The van der Waals surface area contributed by atoms with Crippen LogP contribution in [-0.4, -0.2) is 19.0 Å². The third-order valence-electron chi connectivity index (χ3n) is 4.50. The van der Waals surface area contributed by atoms with Gasteiger partial charge in [0.15, 0.2) is 0 Å². The van der Waals surface area contributed by atoms with Crippen molar-refractivity contribution in [3.63, 3.8) is 0 Å². The van der Waals surface area contributed by atoms with Crippen LogP contribution in [0, 0.1) is 17.7 Å². The normalized spacial score (nSPS) is 17.9. The van der Waals surface area contributed by atoms with Crippen LogP contribution in [0.4, 0.5) is 4.39 Å². The topological polar surface area (TPSA) is 41.1 Å². The molecule has 1 fully saturated rings. The molecule has 1 heterocycles. The third-order valence-corrected chi connectivity index (χ3v) is 4.83. The first-order valence-corrected chi connectivity index (χ1v) is 8.30. The highest BCUT2D eigenvalue weighted by atomic mass is 35.5. The van der Waals surface area contributed by atoms with Crippen LogP contribution in [0.2, 0.25) is 5.02 Å². The van der Waals surface area contributed by atoms with Crippen molar-refractivity contribution in [2.45, 2.75) is 39.2 Å². The third kappa shape index (κ3) is 5.94. The predicted molar refractivity (Wildman–Crippen MR) is 94.6 cm³/mol. The quantitative estimate of drug-likeness (QED) is 0.827. The second kappa shape index (κ2) is 9.45. The standard InChI is InChI=1S/C17H24ClFN2O.ClH/c1-11(13-5-7-20-8-6-13)9-17(22)21-12(2)15-4-3-14(19)10-16(15)18;/h3-4,10-13,20H,5-9H2,1-2H3,(H,21,22);1H. The van der Waals surface area contributed by atoms with E-state index < -0.39 is 0 Å². The van der Waals surface area contributed by atoms with Gasteiger partial charge in [-0.1, -0.05) is 24.6 Å². The summed E-state index contributed by atoms with van der Waals surface area (Å²) in [6.45, 7) is 6.09. The maximum absolute atomic E-state index is 13.1. The lowest BCUT2D eigenvalue weighted by Crippen LogP contribution is -2.34. The van der Waals surface area contributed by atoms with Crippen molar-refractivity contribution in [2.24, 2.45) is 11.8 Å². The Labute approximate surface area is 148 Å². The van der Waals surface area contributed by atoms with Gasteiger partial charge in [0.05, 0.1) is 6.04 Å². The summed E-state index contributed by atoms with van der Waals surface area (Å²) in [5.41, 5.74) is 0.742. The molecule has 3 nitrogen and oxygen atoms in total. The van der Waals surface area contributed by atoms with Crippen LogP contribution >= 0.6 is 24.0 Å². The molecule has 2 atom stereocenters. The minimum Gasteiger partial charge on any atom is -0.350 e. The van der Waals surface area contributed by atoms with E-state index in [4.69, 9.17) is 11.6 Å². The van der Waals surface area contributed by atoms with Crippen LogP contribution in [0.3, 0.4) is 0 Å². The van der Waals surface area contributed by atoms with Crippen molar-refractivity contribution in [3.8, 4) is 0 Å². The zero-order chi connectivity index (χ0) is 16.1. The second-order valence-electron chi connectivity index (χ2n) is 6.22. The summed E-state index contributed by atoms with van der Waals surface area (Å²) >= 11 is 6.04. The molecule has 1 amide bonds. The van der Waals surface area contributed by atoms with Crippen LogP contribution in [-0.2, 0) is 4.79 Å². The first-order chi connectivity index (χ1) is 10.5. The van der Waals surface area contributed by atoms with Crippen molar-refractivity contribution in [1.82, 2.24) is 10.6 Å². The molecule has 1 aromatic rings. The van der Waals surface area contributed by atoms with Crippen LogP contribution in [0.15, 0.2) is 18.2 Å². The summed E-state index contributed by atoms with van der Waals surface area (Å²) < 4.78 is 13.1. The molecule has 0 spiro atoms. The van der Waals surface area contributed by atoms with Gasteiger partial charge in [-0.05, 0) is 62.4 Å². The Bertz CT molecular complexity index is 521. The molecule has 1 saturated heterocycles. The Morgan fingerprint density at radius 2 is 2.04 bits per heavy atom. The molecule has 1 aromatic carbocycles. The largest absolute Gasteiger partial charge is 0.350 e. The first kappa shape index (κ1) is 20.2. The van der Waals surface area contributed by atoms with Gasteiger partial charge in [-0.25, -0.2) is 4.39 Å². The summed E-state index contributed by atoms with van der Waals surface area (Å²) in [4.78, 5) is 12.2. The molecule has 6 heteroatoms. The summed E-state index contributed by atoms with van der Waals surface area (Å²) in [5, 5.41) is 6.65. The molecule has 0 saturated carbocycles. The molecule has 0 radical (unpaired) electrons. The minimum absolute atomic E-state index is 0. The Hall–Kier alpha value is -0.840. The lowest BCUT2D eigenvalue weighted by molar-refractivity contribution is -0.123. The summed E-state index contributed by atoms with van der Waals surface area (Å²) in [6, 6.07) is 4.04. The molecule has 2 N–H and O–H groups in total. The lowest BCUT2D eigenvalue weighted by atomic mass is 9.84. The summed E-state index contributed by atoms with van der Waals surface area (Å²) in [6.07, 6.45) is 2.79. The average Bonchev–Trinajstić information content (AvgIpc) is 2.47. The molecular weight excluding hydrogens is 338 g/mol. The Morgan fingerprint density at radius 1 is 1.39 bits per heavy atom. The van der Waals surface area contributed by atoms with Crippen LogP contribution in [0.25, 0.3) is 0 Å². The Balaban J connectivity index is 0.00000264. The highest BCUT2D eigenvalue weighted by Crippen LogP contribution is 2.26. The maximum Gasteiger partial charge on any atom is 0.220 e. The first-order valence-electron chi connectivity index (χ1n) is 7.92. The van der Waals surface area contributed by atoms with E-state index in [1.807, 2.05) is 6.92 Å². The van der Waals surface area contributed by atoms with Gasteiger partial charge >= 0.3 is 0 Å². The van der Waals surface area contributed by atoms with Crippen LogP contribution in [0.5, 0.6) is 0 Å². The van der Waals surface area contributed by atoms with Crippen molar-refractivity contribution >= 4 is 29.9 Å². The molecule has 130 valence electrons. The number of piperidine rings is 1. The van der Waals surface area contributed by atoms with Gasteiger partial charge in [-0.3, -0.25) is 4.79 Å². The van der Waals surface area contributed by atoms with E-state index in [1.165, 1.54) is 12.1 Å². The highest BCUT2D eigenvalue weighted by Gasteiger charge is 2.23. The van der Waals surface area contributed by atoms with E-state index >= 15 is 0 Å². The zero-order valence-corrected chi connectivity index (χ0v) is 15.1. The second-order valence-corrected chi connectivity index (χ2v) is 6.63. The van der Waals surface area contributed by atoms with Crippen LogP contribution < -0.4 is 10.6 Å². The smallest absolute Gasteiger partial charge is 0.220 e. The number of carbonyl (C=O) groups is 1. The SMILES string of the molecule is CC(NC(=O)CC(C)C1CCNCC1)c1ccc(F)cc1Cl.Cl. The highest BCUT2D eigenvalue weighted by molar-refractivity contribution is 6.31. The fourth-order valence-electron chi connectivity index (χ4n) is 3.10. The molecule has 0 aliphatic carbocycles. The molecule has 1 aliphatic rings. The van der Waals surface area contributed by atoms with Gasteiger partial charge in [0.2, 0.25) is 5.91 Å². The fourth-order valence-corrected chi connectivity index (χ4v) is 3.43. The minimum atomic E-state index is -0.369. The molecule has 2 rings (SSSR count). The van der Waals surface area contributed by atoms with Crippen molar-refractivity contribution in [1.29, 1.82) is 0 Å². The Kier molecular flexibility index (Phi) is 8.31. The summed E-state index contributed by atoms with van der Waals surface area (Å²) in [5.74, 6) is 0.639. The van der Waals surface area contributed by atoms with Gasteiger partial charge in [0, 0.05) is 11.4 Å². The molecule has 0 aromatic heterocycles. The van der Waals surface area contributed by atoms with Gasteiger partial charge in [0.25, 0.3) is 0 Å². The monoisotopic (exact) mass is 362 g/mol. The van der Waals surface area contributed by atoms with E-state index in [0.717, 1.165) is 31.5 Å². The van der Waals surface area contributed by atoms with E-state index in [9.17, 15) is 9.18 Å². The number of halogens is 3. The van der Waals surface area contributed by atoms with Crippen molar-refractivity contribution in [2.75, 3.05) is 13.1 Å². The molecule has 2 unspecified atom stereocenters. The van der Waals surface area contributed by atoms with Gasteiger partial charge in [-0.15, -0.1) is 12.4 Å². The van der Waals surface area contributed by atoms with E-state index in [-0.39, 0.29) is 30.2 Å². The lowest BCUT2D eigenvalue weighted by Gasteiger charge is -2.28. The number of carbonyl (C=O) groups excluding carboxylic acids is 1. The molecule has 23 heavy (non-hydrogen) atoms. The number of hydrogen-bond donors (Lipinski definition) is 2. The van der Waals surface area contributed by atoms with Crippen LogP contribution in [0.1, 0.15) is 44.7 Å². The maximum atomic E-state index is 13.1. The predicted octanol–water partition coefficient (Wildman–Crippen LogP) is 4.10. The van der Waals surface area contributed by atoms with Crippen molar-refractivity contribution in [3.05, 3.63) is 34.6 Å². The van der Waals surface area contributed by atoms with Gasteiger partial charge in [0.1, 0.15) is 5.82 Å². The fraction of sp³-hybridized carbons (Fsp3) is 0.588. The number of amides is 1. The number of nitrogens with one attached hydrogen (secondary N) is 2. The molecular formula is C17H25Cl2FN2O.